The number of piperidine rings is 1. The minimum absolute atomic E-state index is 0.0405. The quantitative estimate of drug-likeness (QED) is 0.741. The van der Waals surface area contributed by atoms with Gasteiger partial charge in [0.2, 0.25) is 5.91 Å². The number of hydrogen-bond donors (Lipinski definition) is 0. The third-order valence-electron chi connectivity index (χ3n) is 5.73. The minimum atomic E-state index is -0.0405. The average molecular weight is 382 g/mol. The van der Waals surface area contributed by atoms with Gasteiger partial charge in [0.1, 0.15) is 0 Å². The first-order valence-electron chi connectivity index (χ1n) is 10.2. The third kappa shape index (κ3) is 5.55. The van der Waals surface area contributed by atoms with Crippen molar-refractivity contribution in [3.63, 3.8) is 0 Å². The summed E-state index contributed by atoms with van der Waals surface area (Å²) in [6, 6.07) is 15.8. The van der Waals surface area contributed by atoms with Gasteiger partial charge in [-0.2, -0.15) is 0 Å². The first kappa shape index (κ1) is 20.3. The Kier molecular flexibility index (Phi) is 7.04. The fourth-order valence-corrected chi connectivity index (χ4v) is 3.97. The highest BCUT2D eigenvalue weighted by Gasteiger charge is 2.22. The molecule has 2 heterocycles. The predicted octanol–water partition coefficient (Wildman–Crippen LogP) is 2.92. The number of nitrogens with zero attached hydrogens (tertiary/aromatic N) is 3. The topological polar surface area (TPSA) is 45.6 Å². The van der Waals surface area contributed by atoms with Gasteiger partial charge < -0.3 is 9.47 Å². The number of aryl methyl sites for hydroxylation is 1. The SMILES string of the molecule is Cc1cccc(=O)n1CCC(=O)N(C)CC1CCN(Cc2ccccc2)CC1. The molecule has 1 fully saturated rings. The Hall–Kier alpha value is -2.40. The number of benzene rings is 1. The van der Waals surface area contributed by atoms with E-state index < -0.39 is 0 Å². The maximum absolute atomic E-state index is 12.5. The summed E-state index contributed by atoms with van der Waals surface area (Å²) < 4.78 is 1.67. The molecule has 5 nitrogen and oxygen atoms in total. The number of pyridine rings is 1. The smallest absolute Gasteiger partial charge is 0.250 e. The maximum atomic E-state index is 12.5. The zero-order chi connectivity index (χ0) is 19.9. The second-order valence-corrected chi connectivity index (χ2v) is 7.89. The molecule has 2 aromatic rings. The van der Waals surface area contributed by atoms with E-state index in [2.05, 4.69) is 35.2 Å². The van der Waals surface area contributed by atoms with E-state index in [1.165, 1.54) is 5.56 Å². The van der Waals surface area contributed by atoms with Crippen LogP contribution in [0.15, 0.2) is 53.3 Å². The van der Waals surface area contributed by atoms with Crippen molar-refractivity contribution in [2.24, 2.45) is 5.92 Å². The molecule has 28 heavy (non-hydrogen) atoms. The van der Waals surface area contributed by atoms with Crippen molar-refractivity contribution in [3.05, 3.63) is 70.1 Å². The van der Waals surface area contributed by atoms with Crippen LogP contribution >= 0.6 is 0 Å². The Labute approximate surface area is 167 Å². The number of rotatable bonds is 7. The van der Waals surface area contributed by atoms with Gasteiger partial charge in [0.15, 0.2) is 0 Å². The Balaban J connectivity index is 1.42. The van der Waals surface area contributed by atoms with E-state index in [-0.39, 0.29) is 11.5 Å². The lowest BCUT2D eigenvalue weighted by molar-refractivity contribution is -0.130. The zero-order valence-corrected chi connectivity index (χ0v) is 17.0. The number of amides is 1. The lowest BCUT2D eigenvalue weighted by Crippen LogP contribution is -2.39. The van der Waals surface area contributed by atoms with E-state index in [9.17, 15) is 9.59 Å². The lowest BCUT2D eigenvalue weighted by atomic mass is 9.96. The third-order valence-corrected chi connectivity index (χ3v) is 5.73. The molecular weight excluding hydrogens is 350 g/mol. The van der Waals surface area contributed by atoms with Crippen LogP contribution in [-0.4, -0.2) is 47.0 Å². The predicted molar refractivity (Wildman–Crippen MR) is 112 cm³/mol. The normalized spacial score (nSPS) is 15.5. The first-order valence-corrected chi connectivity index (χ1v) is 10.2. The Bertz CT molecular complexity index is 823. The molecule has 1 amide bonds. The molecular formula is C23H31N3O2. The summed E-state index contributed by atoms with van der Waals surface area (Å²) in [5.41, 5.74) is 2.22. The standard InChI is InChI=1S/C23H31N3O2/c1-19-7-6-10-23(28)26(19)16-13-22(27)24(2)17-21-11-14-25(15-12-21)18-20-8-4-3-5-9-20/h3-10,21H,11-18H2,1-2H3. The van der Waals surface area contributed by atoms with E-state index in [0.717, 1.165) is 44.7 Å². The second-order valence-electron chi connectivity index (χ2n) is 7.89. The van der Waals surface area contributed by atoms with Crippen LogP contribution in [-0.2, 0) is 17.9 Å². The summed E-state index contributed by atoms with van der Waals surface area (Å²) in [4.78, 5) is 28.8. The summed E-state index contributed by atoms with van der Waals surface area (Å²) in [6.45, 7) is 6.33. The fraction of sp³-hybridized carbons (Fsp3) is 0.478. The van der Waals surface area contributed by atoms with Crippen molar-refractivity contribution in [2.75, 3.05) is 26.7 Å². The molecule has 0 aliphatic carbocycles. The molecule has 1 aliphatic rings. The van der Waals surface area contributed by atoms with Gasteiger partial charge in [0.25, 0.3) is 5.56 Å². The van der Waals surface area contributed by atoms with Crippen LogP contribution < -0.4 is 5.56 Å². The summed E-state index contributed by atoms with van der Waals surface area (Å²) >= 11 is 0. The number of likely N-dealkylation sites (tertiary alicyclic amines) is 1. The highest BCUT2D eigenvalue weighted by molar-refractivity contribution is 5.75. The van der Waals surface area contributed by atoms with Crippen molar-refractivity contribution >= 4 is 5.91 Å². The molecule has 0 radical (unpaired) electrons. The van der Waals surface area contributed by atoms with E-state index in [1.54, 1.807) is 16.7 Å². The molecule has 1 aromatic carbocycles. The molecule has 1 aliphatic heterocycles. The summed E-state index contributed by atoms with van der Waals surface area (Å²) in [5, 5.41) is 0. The Morgan fingerprint density at radius 3 is 2.46 bits per heavy atom. The summed E-state index contributed by atoms with van der Waals surface area (Å²) in [7, 11) is 1.89. The van der Waals surface area contributed by atoms with E-state index >= 15 is 0 Å². The molecule has 0 saturated carbocycles. The second kappa shape index (κ2) is 9.69. The van der Waals surface area contributed by atoms with E-state index in [0.29, 0.717) is 18.9 Å². The van der Waals surface area contributed by atoms with Crippen molar-refractivity contribution in [1.82, 2.24) is 14.4 Å². The van der Waals surface area contributed by atoms with Gasteiger partial charge in [0.05, 0.1) is 0 Å². The number of aromatic nitrogens is 1. The molecule has 3 rings (SSSR count). The molecule has 1 saturated heterocycles. The van der Waals surface area contributed by atoms with Gasteiger partial charge in [-0.3, -0.25) is 14.5 Å². The first-order chi connectivity index (χ1) is 13.5. The largest absolute Gasteiger partial charge is 0.345 e. The van der Waals surface area contributed by atoms with Gasteiger partial charge in [-0.1, -0.05) is 36.4 Å². The molecule has 0 atom stereocenters. The molecule has 0 bridgehead atoms. The van der Waals surface area contributed by atoms with Crippen LogP contribution in [0.5, 0.6) is 0 Å². The average Bonchev–Trinajstić information content (AvgIpc) is 2.69. The highest BCUT2D eigenvalue weighted by atomic mass is 16.2. The Morgan fingerprint density at radius 2 is 1.79 bits per heavy atom. The van der Waals surface area contributed by atoms with Gasteiger partial charge in [-0.05, 0) is 50.4 Å². The zero-order valence-electron chi connectivity index (χ0n) is 17.0. The molecule has 0 N–H and O–H groups in total. The number of hydrogen-bond acceptors (Lipinski definition) is 3. The minimum Gasteiger partial charge on any atom is -0.345 e. The van der Waals surface area contributed by atoms with Crippen LogP contribution in [0.3, 0.4) is 0 Å². The van der Waals surface area contributed by atoms with E-state index in [1.807, 2.05) is 24.9 Å². The van der Waals surface area contributed by atoms with Gasteiger partial charge >= 0.3 is 0 Å². The van der Waals surface area contributed by atoms with Crippen LogP contribution in [0.25, 0.3) is 0 Å². The lowest BCUT2D eigenvalue weighted by Gasteiger charge is -2.34. The highest BCUT2D eigenvalue weighted by Crippen LogP contribution is 2.20. The van der Waals surface area contributed by atoms with Crippen molar-refractivity contribution in [1.29, 1.82) is 0 Å². The van der Waals surface area contributed by atoms with Crippen LogP contribution in [0, 0.1) is 12.8 Å². The molecule has 5 heteroatoms. The molecule has 0 unspecified atom stereocenters. The molecule has 1 aromatic heterocycles. The summed E-state index contributed by atoms with van der Waals surface area (Å²) in [5.74, 6) is 0.670. The van der Waals surface area contributed by atoms with E-state index in [4.69, 9.17) is 0 Å². The van der Waals surface area contributed by atoms with Crippen molar-refractivity contribution in [3.8, 4) is 0 Å². The number of carbonyl (C=O) groups excluding carboxylic acids is 1. The van der Waals surface area contributed by atoms with Crippen LogP contribution in [0.4, 0.5) is 0 Å². The van der Waals surface area contributed by atoms with Crippen LogP contribution in [0.1, 0.15) is 30.5 Å². The molecule has 0 spiro atoms. The number of carbonyl (C=O) groups is 1. The Morgan fingerprint density at radius 1 is 1.07 bits per heavy atom. The molecule has 150 valence electrons. The van der Waals surface area contributed by atoms with Crippen LogP contribution in [0.2, 0.25) is 0 Å². The summed E-state index contributed by atoms with van der Waals surface area (Å²) in [6.07, 6.45) is 2.62. The van der Waals surface area contributed by atoms with Gasteiger partial charge in [0, 0.05) is 44.9 Å². The van der Waals surface area contributed by atoms with Gasteiger partial charge in [-0.15, -0.1) is 0 Å². The van der Waals surface area contributed by atoms with Gasteiger partial charge in [-0.25, -0.2) is 0 Å². The maximum Gasteiger partial charge on any atom is 0.250 e. The van der Waals surface area contributed by atoms with Crippen molar-refractivity contribution < 1.29 is 4.79 Å². The van der Waals surface area contributed by atoms with Crippen molar-refractivity contribution in [2.45, 2.75) is 39.3 Å². The monoisotopic (exact) mass is 381 g/mol. The fourth-order valence-electron chi connectivity index (χ4n) is 3.97.